The van der Waals surface area contributed by atoms with Crippen LogP contribution in [-0.2, 0) is 6.61 Å². The molecule has 7 heteroatoms. The lowest BCUT2D eigenvalue weighted by atomic mass is 10.2. The molecule has 0 saturated carbocycles. The normalized spacial score (nSPS) is 10.3. The van der Waals surface area contributed by atoms with Crippen LogP contribution in [0.15, 0.2) is 45.3 Å². The molecule has 0 radical (unpaired) electrons. The zero-order valence-corrected chi connectivity index (χ0v) is 13.1. The van der Waals surface area contributed by atoms with Crippen LogP contribution in [0.4, 0.5) is 10.1 Å². The molecule has 20 heavy (non-hydrogen) atoms. The molecule has 0 saturated heterocycles. The summed E-state index contributed by atoms with van der Waals surface area (Å²) in [5.74, 6) is -0.221. The number of benzene rings is 2. The summed E-state index contributed by atoms with van der Waals surface area (Å²) in [6.45, 7) is 0.0876. The smallest absolute Gasteiger partial charge is 0.312 e. The van der Waals surface area contributed by atoms with Crippen molar-refractivity contribution < 1.29 is 14.1 Å². The van der Waals surface area contributed by atoms with E-state index in [1.165, 1.54) is 18.2 Å². The summed E-state index contributed by atoms with van der Waals surface area (Å²) in [6.07, 6.45) is 0. The first-order chi connectivity index (χ1) is 9.49. The third-order valence-corrected chi connectivity index (χ3v) is 3.89. The van der Waals surface area contributed by atoms with Gasteiger partial charge < -0.3 is 4.74 Å². The molecule has 0 amide bonds. The molecule has 2 aromatic carbocycles. The molecule has 0 aliphatic carbocycles. The molecule has 0 atom stereocenters. The molecule has 0 aliphatic heterocycles. The van der Waals surface area contributed by atoms with Gasteiger partial charge in [0.2, 0.25) is 5.75 Å². The Morgan fingerprint density at radius 1 is 1.20 bits per heavy atom. The zero-order chi connectivity index (χ0) is 14.7. The maximum absolute atomic E-state index is 13.0. The van der Waals surface area contributed by atoms with Gasteiger partial charge in [0, 0.05) is 16.1 Å². The molecule has 104 valence electrons. The number of nitro benzene ring substituents is 1. The quantitative estimate of drug-likeness (QED) is 0.541. The number of para-hydroxylation sites is 1. The van der Waals surface area contributed by atoms with E-state index in [9.17, 15) is 14.5 Å². The number of hydrogen-bond donors (Lipinski definition) is 0. The van der Waals surface area contributed by atoms with Gasteiger partial charge in [-0.05, 0) is 34.1 Å². The monoisotopic (exact) mass is 403 g/mol. The van der Waals surface area contributed by atoms with Crippen LogP contribution in [-0.4, -0.2) is 4.92 Å². The second kappa shape index (κ2) is 6.32. The van der Waals surface area contributed by atoms with E-state index in [0.717, 1.165) is 0 Å². The Labute approximate surface area is 131 Å². The van der Waals surface area contributed by atoms with Crippen LogP contribution >= 0.6 is 31.9 Å². The number of rotatable bonds is 4. The molecule has 0 bridgehead atoms. The summed E-state index contributed by atoms with van der Waals surface area (Å²) in [4.78, 5) is 10.4. The van der Waals surface area contributed by atoms with Crippen LogP contribution < -0.4 is 4.74 Å². The summed E-state index contributed by atoms with van der Waals surface area (Å²) in [7, 11) is 0. The first-order valence-corrected chi connectivity index (χ1v) is 7.07. The first-order valence-electron chi connectivity index (χ1n) is 5.48. The lowest BCUT2D eigenvalue weighted by Gasteiger charge is -2.10. The number of ether oxygens (including phenoxy) is 1. The summed E-state index contributed by atoms with van der Waals surface area (Å²) in [5, 5.41) is 10.9. The van der Waals surface area contributed by atoms with Crippen molar-refractivity contribution in [3.05, 3.63) is 66.8 Å². The van der Waals surface area contributed by atoms with Gasteiger partial charge in [0.15, 0.2) is 0 Å². The Balaban J connectivity index is 2.25. The molecular formula is C13H8Br2FNO3. The van der Waals surface area contributed by atoms with Gasteiger partial charge in [0.05, 0.1) is 9.40 Å². The van der Waals surface area contributed by atoms with Crippen molar-refractivity contribution in [2.75, 3.05) is 0 Å². The molecule has 2 rings (SSSR count). The topological polar surface area (TPSA) is 52.4 Å². The van der Waals surface area contributed by atoms with Crippen LogP contribution in [0.5, 0.6) is 5.75 Å². The Hall–Kier alpha value is -1.47. The van der Waals surface area contributed by atoms with Gasteiger partial charge in [0.25, 0.3) is 0 Å². The first kappa shape index (κ1) is 14.9. The highest BCUT2D eigenvalue weighted by Gasteiger charge is 2.18. The molecule has 0 spiro atoms. The van der Waals surface area contributed by atoms with Gasteiger partial charge in [-0.3, -0.25) is 10.1 Å². The Morgan fingerprint density at radius 2 is 1.95 bits per heavy atom. The minimum atomic E-state index is -0.514. The van der Waals surface area contributed by atoms with Gasteiger partial charge in [-0.2, -0.15) is 0 Å². The number of hydrogen-bond acceptors (Lipinski definition) is 3. The largest absolute Gasteiger partial charge is 0.481 e. The summed E-state index contributed by atoms with van der Waals surface area (Å²) in [6, 6.07) is 8.75. The van der Waals surface area contributed by atoms with Crippen molar-refractivity contribution in [2.24, 2.45) is 0 Å². The fraction of sp³-hybridized carbons (Fsp3) is 0.0769. The van der Waals surface area contributed by atoms with E-state index in [1.54, 1.807) is 18.2 Å². The molecule has 2 aromatic rings. The van der Waals surface area contributed by atoms with Crippen LogP contribution in [0.25, 0.3) is 0 Å². The number of nitro groups is 1. The van der Waals surface area contributed by atoms with Crippen molar-refractivity contribution in [1.82, 2.24) is 0 Å². The third-order valence-electron chi connectivity index (χ3n) is 2.53. The Bertz CT molecular complexity index is 664. The van der Waals surface area contributed by atoms with Crippen molar-refractivity contribution in [3.63, 3.8) is 0 Å². The minimum absolute atomic E-state index is 0.0876. The SMILES string of the molecule is O=[N+]([O-])c1cccc(Br)c1OCc1ccc(F)cc1Br. The summed E-state index contributed by atoms with van der Waals surface area (Å²) < 4.78 is 19.5. The predicted octanol–water partition coefficient (Wildman–Crippen LogP) is 4.84. The van der Waals surface area contributed by atoms with E-state index < -0.39 is 4.92 Å². The fourth-order valence-electron chi connectivity index (χ4n) is 1.57. The standard InChI is InChI=1S/C13H8Br2FNO3/c14-10-2-1-3-12(17(18)19)13(10)20-7-8-4-5-9(16)6-11(8)15/h1-6H,7H2. The Morgan fingerprint density at radius 3 is 2.60 bits per heavy atom. The van der Waals surface area contributed by atoms with E-state index in [4.69, 9.17) is 4.74 Å². The highest BCUT2D eigenvalue weighted by Crippen LogP contribution is 2.35. The highest BCUT2D eigenvalue weighted by atomic mass is 79.9. The lowest BCUT2D eigenvalue weighted by Crippen LogP contribution is -2.00. The van der Waals surface area contributed by atoms with Crippen molar-refractivity contribution in [2.45, 2.75) is 6.61 Å². The molecule has 0 N–H and O–H groups in total. The van der Waals surface area contributed by atoms with Crippen LogP contribution in [0.3, 0.4) is 0 Å². The van der Waals surface area contributed by atoms with Crippen LogP contribution in [0, 0.1) is 15.9 Å². The average molecular weight is 405 g/mol. The van der Waals surface area contributed by atoms with Gasteiger partial charge in [-0.1, -0.05) is 28.1 Å². The molecule has 0 aromatic heterocycles. The molecular weight excluding hydrogens is 397 g/mol. The summed E-state index contributed by atoms with van der Waals surface area (Å²) >= 11 is 6.44. The van der Waals surface area contributed by atoms with E-state index in [2.05, 4.69) is 31.9 Å². The van der Waals surface area contributed by atoms with Crippen molar-refractivity contribution in [1.29, 1.82) is 0 Å². The fourth-order valence-corrected chi connectivity index (χ4v) is 2.51. The third kappa shape index (κ3) is 3.34. The second-order valence-electron chi connectivity index (χ2n) is 3.87. The molecule has 0 unspecified atom stereocenters. The second-order valence-corrected chi connectivity index (χ2v) is 5.58. The number of halogens is 3. The van der Waals surface area contributed by atoms with Crippen molar-refractivity contribution >= 4 is 37.5 Å². The maximum atomic E-state index is 13.0. The average Bonchev–Trinajstić information content (AvgIpc) is 2.38. The van der Waals surface area contributed by atoms with E-state index in [1.807, 2.05) is 0 Å². The molecule has 4 nitrogen and oxygen atoms in total. The zero-order valence-electron chi connectivity index (χ0n) is 9.98. The Kier molecular flexibility index (Phi) is 4.72. The van der Waals surface area contributed by atoms with Gasteiger partial charge >= 0.3 is 5.69 Å². The van der Waals surface area contributed by atoms with Crippen LogP contribution in [0.1, 0.15) is 5.56 Å². The van der Waals surface area contributed by atoms with Gasteiger partial charge in [0.1, 0.15) is 12.4 Å². The maximum Gasteiger partial charge on any atom is 0.312 e. The van der Waals surface area contributed by atoms with E-state index in [-0.39, 0.29) is 23.9 Å². The molecule has 0 heterocycles. The van der Waals surface area contributed by atoms with Crippen LogP contribution in [0.2, 0.25) is 0 Å². The van der Waals surface area contributed by atoms with Gasteiger partial charge in [-0.25, -0.2) is 4.39 Å². The molecule has 0 aliphatic rings. The summed E-state index contributed by atoms with van der Waals surface area (Å²) in [5.41, 5.74) is 0.564. The highest BCUT2D eigenvalue weighted by molar-refractivity contribution is 9.10. The van der Waals surface area contributed by atoms with E-state index in [0.29, 0.717) is 14.5 Å². The minimum Gasteiger partial charge on any atom is -0.481 e. The number of nitrogens with zero attached hydrogens (tertiary/aromatic N) is 1. The van der Waals surface area contributed by atoms with Gasteiger partial charge in [-0.15, -0.1) is 0 Å². The predicted molar refractivity (Wildman–Crippen MR) is 79.2 cm³/mol. The van der Waals surface area contributed by atoms with Crippen molar-refractivity contribution in [3.8, 4) is 5.75 Å². The lowest BCUT2D eigenvalue weighted by molar-refractivity contribution is -0.386. The van der Waals surface area contributed by atoms with E-state index >= 15 is 0 Å². The molecule has 0 fully saturated rings.